The lowest BCUT2D eigenvalue weighted by molar-refractivity contribution is 0.177. The van der Waals surface area contributed by atoms with Gasteiger partial charge in [-0.3, -0.25) is 0 Å². The predicted octanol–water partition coefficient (Wildman–Crippen LogP) is 4.47. The fourth-order valence-corrected chi connectivity index (χ4v) is 2.83. The molecule has 1 N–H and O–H groups in total. The van der Waals surface area contributed by atoms with Gasteiger partial charge in [0.15, 0.2) is 0 Å². The molecule has 1 nitrogen and oxygen atoms in total. The van der Waals surface area contributed by atoms with Crippen LogP contribution >= 0.6 is 38.5 Å². The third-order valence-electron chi connectivity index (χ3n) is 2.66. The van der Waals surface area contributed by atoms with Crippen molar-refractivity contribution in [2.45, 2.75) is 12.5 Å². The van der Waals surface area contributed by atoms with E-state index >= 15 is 0 Å². The van der Waals surface area contributed by atoms with Crippen molar-refractivity contribution in [1.82, 2.24) is 0 Å². The summed E-state index contributed by atoms with van der Waals surface area (Å²) in [4.78, 5) is 0. The maximum absolute atomic E-state index is 13.0. The van der Waals surface area contributed by atoms with E-state index in [1.54, 1.807) is 6.07 Å². The second-order valence-corrected chi connectivity index (χ2v) is 6.09. The summed E-state index contributed by atoms with van der Waals surface area (Å²) in [5, 5.41) is 10.2. The van der Waals surface area contributed by atoms with Crippen LogP contribution in [0.1, 0.15) is 17.2 Å². The minimum atomic E-state index is -0.612. The Morgan fingerprint density at radius 1 is 1.17 bits per heavy atom. The van der Waals surface area contributed by atoms with Gasteiger partial charge in [0.1, 0.15) is 5.82 Å². The molecule has 0 aliphatic heterocycles. The van der Waals surface area contributed by atoms with Crippen molar-refractivity contribution < 1.29 is 9.50 Å². The first-order valence-corrected chi connectivity index (χ1v) is 7.31. The quantitative estimate of drug-likeness (QED) is 0.726. The summed E-state index contributed by atoms with van der Waals surface area (Å²) >= 11 is 5.41. The molecule has 1 atom stereocenters. The second kappa shape index (κ2) is 6.12. The molecule has 2 rings (SSSR count). The van der Waals surface area contributed by atoms with E-state index < -0.39 is 6.10 Å². The smallest absolute Gasteiger partial charge is 0.124 e. The number of aliphatic hydroxyl groups is 1. The van der Waals surface area contributed by atoms with Crippen molar-refractivity contribution in [1.29, 1.82) is 0 Å². The second-order valence-electron chi connectivity index (χ2n) is 4.01. The standard InChI is InChI=1S/C14H11BrFIO/c15-10-3-1-9(2-4-10)7-14(18)12-6-5-11(16)8-13(12)17/h1-6,8,14,18H,7H2. The van der Waals surface area contributed by atoms with E-state index in [1.165, 1.54) is 12.1 Å². The molecule has 0 heterocycles. The normalized spacial score (nSPS) is 12.4. The minimum absolute atomic E-state index is 0.279. The van der Waals surface area contributed by atoms with Gasteiger partial charge in [0.05, 0.1) is 6.10 Å². The number of benzene rings is 2. The molecule has 94 valence electrons. The summed E-state index contributed by atoms with van der Waals surface area (Å²) in [5.74, 6) is -0.279. The molecule has 2 aromatic carbocycles. The molecule has 0 saturated heterocycles. The Morgan fingerprint density at radius 2 is 1.83 bits per heavy atom. The van der Waals surface area contributed by atoms with Crippen molar-refractivity contribution in [3.05, 3.63) is 67.5 Å². The van der Waals surface area contributed by atoms with Gasteiger partial charge < -0.3 is 5.11 Å². The fourth-order valence-electron chi connectivity index (χ4n) is 1.73. The number of hydrogen-bond donors (Lipinski definition) is 1. The van der Waals surface area contributed by atoms with Crippen LogP contribution in [0.2, 0.25) is 0 Å². The zero-order valence-electron chi connectivity index (χ0n) is 9.41. The molecule has 0 spiro atoms. The van der Waals surface area contributed by atoms with E-state index in [0.29, 0.717) is 6.42 Å². The van der Waals surface area contributed by atoms with E-state index in [-0.39, 0.29) is 5.82 Å². The third-order valence-corrected chi connectivity index (χ3v) is 4.13. The molecule has 0 saturated carbocycles. The highest BCUT2D eigenvalue weighted by atomic mass is 127. The zero-order valence-corrected chi connectivity index (χ0v) is 13.2. The van der Waals surface area contributed by atoms with Gasteiger partial charge in [-0.15, -0.1) is 0 Å². The van der Waals surface area contributed by atoms with E-state index in [9.17, 15) is 9.50 Å². The Morgan fingerprint density at radius 3 is 2.44 bits per heavy atom. The van der Waals surface area contributed by atoms with Gasteiger partial charge >= 0.3 is 0 Å². The molecule has 18 heavy (non-hydrogen) atoms. The van der Waals surface area contributed by atoms with Crippen LogP contribution in [0, 0.1) is 9.39 Å². The Kier molecular flexibility index (Phi) is 4.75. The third kappa shape index (κ3) is 3.52. The SMILES string of the molecule is OC(Cc1ccc(Br)cc1)c1ccc(F)cc1I. The van der Waals surface area contributed by atoms with Gasteiger partial charge in [0, 0.05) is 14.5 Å². The minimum Gasteiger partial charge on any atom is -0.388 e. The van der Waals surface area contributed by atoms with Crippen LogP contribution in [-0.4, -0.2) is 5.11 Å². The highest BCUT2D eigenvalue weighted by molar-refractivity contribution is 14.1. The summed E-state index contributed by atoms with van der Waals surface area (Å²) < 4.78 is 14.7. The lowest BCUT2D eigenvalue weighted by atomic mass is 10.0. The van der Waals surface area contributed by atoms with Crippen LogP contribution in [0.4, 0.5) is 4.39 Å². The van der Waals surface area contributed by atoms with Gasteiger partial charge in [-0.05, 0) is 58.0 Å². The lowest BCUT2D eigenvalue weighted by Crippen LogP contribution is -2.04. The highest BCUT2D eigenvalue weighted by Crippen LogP contribution is 2.24. The highest BCUT2D eigenvalue weighted by Gasteiger charge is 2.12. The fraction of sp³-hybridized carbons (Fsp3) is 0.143. The molecule has 0 radical (unpaired) electrons. The topological polar surface area (TPSA) is 20.2 Å². The van der Waals surface area contributed by atoms with Crippen LogP contribution in [0.3, 0.4) is 0 Å². The van der Waals surface area contributed by atoms with Crippen LogP contribution in [0.25, 0.3) is 0 Å². The van der Waals surface area contributed by atoms with E-state index in [0.717, 1.165) is 19.2 Å². The summed E-state index contributed by atoms with van der Waals surface area (Å²) in [6.45, 7) is 0. The van der Waals surface area contributed by atoms with E-state index in [4.69, 9.17) is 0 Å². The first-order valence-electron chi connectivity index (χ1n) is 5.44. The average molecular weight is 421 g/mol. The lowest BCUT2D eigenvalue weighted by Gasteiger charge is -2.13. The molecule has 0 aliphatic rings. The molecule has 1 unspecified atom stereocenters. The van der Waals surface area contributed by atoms with Gasteiger partial charge in [-0.2, -0.15) is 0 Å². The summed E-state index contributed by atoms with van der Waals surface area (Å²) in [5.41, 5.74) is 1.81. The molecule has 0 aromatic heterocycles. The van der Waals surface area contributed by atoms with Gasteiger partial charge in [0.25, 0.3) is 0 Å². The Bertz CT molecular complexity index is 542. The first kappa shape index (κ1) is 14.0. The number of aliphatic hydroxyl groups excluding tert-OH is 1. The van der Waals surface area contributed by atoms with Crippen LogP contribution in [0.15, 0.2) is 46.9 Å². The maximum atomic E-state index is 13.0. The van der Waals surface area contributed by atoms with Gasteiger partial charge in [0.2, 0.25) is 0 Å². The number of hydrogen-bond acceptors (Lipinski definition) is 1. The predicted molar refractivity (Wildman–Crippen MR) is 81.9 cm³/mol. The molecular formula is C14H11BrFIO. The Labute approximate surface area is 127 Å². The molecule has 2 aromatic rings. The van der Waals surface area contributed by atoms with E-state index in [2.05, 4.69) is 15.9 Å². The molecule has 0 amide bonds. The van der Waals surface area contributed by atoms with Crippen molar-refractivity contribution >= 4 is 38.5 Å². The maximum Gasteiger partial charge on any atom is 0.124 e. The number of halogens is 3. The molecule has 0 fully saturated rings. The summed E-state index contributed by atoms with van der Waals surface area (Å²) in [6.07, 6.45) is -0.0896. The molecule has 4 heteroatoms. The Hall–Kier alpha value is -0.460. The molecule has 0 bridgehead atoms. The van der Waals surface area contributed by atoms with E-state index in [1.807, 2.05) is 46.9 Å². The zero-order chi connectivity index (χ0) is 13.1. The largest absolute Gasteiger partial charge is 0.388 e. The van der Waals surface area contributed by atoms with Crippen molar-refractivity contribution in [2.24, 2.45) is 0 Å². The van der Waals surface area contributed by atoms with Crippen molar-refractivity contribution in [2.75, 3.05) is 0 Å². The monoisotopic (exact) mass is 420 g/mol. The van der Waals surface area contributed by atoms with Gasteiger partial charge in [-0.25, -0.2) is 4.39 Å². The summed E-state index contributed by atoms with van der Waals surface area (Å²) in [7, 11) is 0. The van der Waals surface area contributed by atoms with Crippen molar-refractivity contribution in [3.63, 3.8) is 0 Å². The molecular weight excluding hydrogens is 410 g/mol. The number of rotatable bonds is 3. The van der Waals surface area contributed by atoms with Gasteiger partial charge in [-0.1, -0.05) is 34.1 Å². The summed E-state index contributed by atoms with van der Waals surface area (Å²) in [6, 6.07) is 12.3. The van der Waals surface area contributed by atoms with Crippen LogP contribution in [-0.2, 0) is 6.42 Å². The van der Waals surface area contributed by atoms with Crippen molar-refractivity contribution in [3.8, 4) is 0 Å². The van der Waals surface area contributed by atoms with Crippen LogP contribution < -0.4 is 0 Å². The Balaban J connectivity index is 2.16. The first-order chi connectivity index (χ1) is 8.56. The average Bonchev–Trinajstić information content (AvgIpc) is 2.32. The molecule has 0 aliphatic carbocycles. The van der Waals surface area contributed by atoms with Crippen LogP contribution in [0.5, 0.6) is 0 Å².